The molecule has 0 fully saturated rings. The van der Waals surface area contributed by atoms with E-state index in [1.54, 1.807) is 17.9 Å². The summed E-state index contributed by atoms with van der Waals surface area (Å²) in [7, 11) is 0. The van der Waals surface area contributed by atoms with Gasteiger partial charge in [0, 0.05) is 17.7 Å². The molecule has 0 aliphatic heterocycles. The second-order valence-electron chi connectivity index (χ2n) is 7.22. The molecule has 1 atom stereocenters. The molecule has 1 aromatic carbocycles. The summed E-state index contributed by atoms with van der Waals surface area (Å²) < 4.78 is 4.96. The summed E-state index contributed by atoms with van der Waals surface area (Å²) in [5.41, 5.74) is 1.84. The normalized spacial score (nSPS) is 11.9. The highest BCUT2D eigenvalue weighted by Gasteiger charge is 2.23. The Hall–Kier alpha value is -2.63. The van der Waals surface area contributed by atoms with Crippen LogP contribution in [0.25, 0.3) is 0 Å². The fraction of sp³-hybridized carbons (Fsp3) is 0.500. The van der Waals surface area contributed by atoms with Crippen molar-refractivity contribution < 1.29 is 14.1 Å². The predicted octanol–water partition coefficient (Wildman–Crippen LogP) is 4.60. The lowest BCUT2D eigenvalue weighted by atomic mass is 10.0. The van der Waals surface area contributed by atoms with Crippen LogP contribution >= 0.6 is 0 Å². The first-order chi connectivity index (χ1) is 13.4. The summed E-state index contributed by atoms with van der Waals surface area (Å²) >= 11 is 0. The third kappa shape index (κ3) is 6.22. The Bertz CT molecular complexity index is 768. The van der Waals surface area contributed by atoms with Gasteiger partial charge in [0.25, 0.3) is 5.91 Å². The maximum absolute atomic E-state index is 13.0. The van der Waals surface area contributed by atoms with Crippen molar-refractivity contribution in [2.75, 3.05) is 11.9 Å². The van der Waals surface area contributed by atoms with Crippen molar-refractivity contribution in [3.63, 3.8) is 0 Å². The number of carbonyl (C=O) groups is 2. The van der Waals surface area contributed by atoms with Gasteiger partial charge in [-0.25, -0.2) is 0 Å². The van der Waals surface area contributed by atoms with Crippen LogP contribution in [0.4, 0.5) is 5.82 Å². The number of rotatable bonds is 10. The lowest BCUT2D eigenvalue weighted by molar-refractivity contribution is -0.117. The molecule has 0 saturated heterocycles. The molecule has 1 heterocycles. The molecule has 0 spiro atoms. The number of anilines is 1. The number of aromatic nitrogens is 1. The summed E-state index contributed by atoms with van der Waals surface area (Å²) in [5.74, 6) is 0.541. The summed E-state index contributed by atoms with van der Waals surface area (Å²) in [5, 5.41) is 6.44. The van der Waals surface area contributed by atoms with Crippen molar-refractivity contribution in [3.05, 3.63) is 47.2 Å². The van der Waals surface area contributed by atoms with E-state index in [1.165, 1.54) is 18.4 Å². The highest BCUT2D eigenvalue weighted by molar-refractivity contribution is 5.99. The zero-order chi connectivity index (χ0) is 20.5. The number of benzene rings is 1. The summed E-state index contributed by atoms with van der Waals surface area (Å²) in [6, 6.07) is 9.33. The first-order valence-corrected chi connectivity index (χ1v) is 10.1. The van der Waals surface area contributed by atoms with Gasteiger partial charge in [-0.05, 0) is 50.8 Å². The van der Waals surface area contributed by atoms with E-state index in [1.807, 2.05) is 38.1 Å². The van der Waals surface area contributed by atoms with Gasteiger partial charge in [0.2, 0.25) is 5.91 Å². The summed E-state index contributed by atoms with van der Waals surface area (Å²) in [4.78, 5) is 27.0. The van der Waals surface area contributed by atoms with E-state index < -0.39 is 0 Å². The minimum atomic E-state index is -0.293. The van der Waals surface area contributed by atoms with E-state index >= 15 is 0 Å². The van der Waals surface area contributed by atoms with Crippen LogP contribution in [0.2, 0.25) is 0 Å². The molecule has 28 heavy (non-hydrogen) atoms. The lowest BCUT2D eigenvalue weighted by Gasteiger charge is -2.28. The van der Waals surface area contributed by atoms with Gasteiger partial charge in [-0.2, -0.15) is 0 Å². The smallest absolute Gasteiger partial charge is 0.254 e. The topological polar surface area (TPSA) is 75.4 Å². The fourth-order valence-corrected chi connectivity index (χ4v) is 2.97. The van der Waals surface area contributed by atoms with Crippen molar-refractivity contribution in [1.29, 1.82) is 0 Å². The Morgan fingerprint density at radius 2 is 1.89 bits per heavy atom. The molecule has 6 nitrogen and oxygen atoms in total. The van der Waals surface area contributed by atoms with E-state index in [0.717, 1.165) is 19.3 Å². The number of unbranched alkanes of at least 4 members (excludes halogenated alkanes) is 2. The Balaban J connectivity index is 2.04. The number of hydrogen-bond acceptors (Lipinski definition) is 4. The number of aryl methyl sites for hydroxylation is 2. The van der Waals surface area contributed by atoms with Gasteiger partial charge in [0.05, 0.1) is 0 Å². The van der Waals surface area contributed by atoms with Crippen LogP contribution in [0.15, 0.2) is 34.9 Å². The highest BCUT2D eigenvalue weighted by atomic mass is 16.5. The van der Waals surface area contributed by atoms with Gasteiger partial charge in [0.15, 0.2) is 5.82 Å². The molecule has 0 aliphatic rings. The summed E-state index contributed by atoms with van der Waals surface area (Å²) in [6.45, 7) is 7.86. The van der Waals surface area contributed by atoms with Crippen LogP contribution in [-0.2, 0) is 11.2 Å². The van der Waals surface area contributed by atoms with Crippen LogP contribution in [0.5, 0.6) is 0 Å². The molecule has 2 rings (SSSR count). The molecule has 2 amide bonds. The second kappa shape index (κ2) is 10.6. The molecule has 1 aromatic heterocycles. The van der Waals surface area contributed by atoms with Crippen molar-refractivity contribution in [1.82, 2.24) is 10.1 Å². The minimum Gasteiger partial charge on any atom is -0.360 e. The van der Waals surface area contributed by atoms with Gasteiger partial charge in [0.1, 0.15) is 12.3 Å². The molecule has 152 valence electrons. The fourth-order valence-electron chi connectivity index (χ4n) is 2.97. The maximum Gasteiger partial charge on any atom is 0.254 e. The molecule has 2 aromatic rings. The number of hydrogen-bond donors (Lipinski definition) is 1. The quantitative estimate of drug-likeness (QED) is 0.607. The SMILES string of the molecule is CCCCCc1ccc(C(=O)N(CC(=O)Nc2cc(C)on2)C(C)CC)cc1. The monoisotopic (exact) mass is 385 g/mol. The van der Waals surface area contributed by atoms with E-state index in [9.17, 15) is 9.59 Å². The van der Waals surface area contributed by atoms with E-state index in [4.69, 9.17) is 4.52 Å². The van der Waals surface area contributed by atoms with Crippen LogP contribution in [0.1, 0.15) is 68.1 Å². The van der Waals surface area contributed by atoms with Crippen LogP contribution in [0, 0.1) is 6.92 Å². The second-order valence-corrected chi connectivity index (χ2v) is 7.22. The summed E-state index contributed by atoms with van der Waals surface area (Å²) in [6.07, 6.45) is 5.34. The maximum atomic E-state index is 13.0. The molecule has 1 N–H and O–H groups in total. The van der Waals surface area contributed by atoms with Crippen LogP contribution in [0.3, 0.4) is 0 Å². The van der Waals surface area contributed by atoms with Gasteiger partial charge in [-0.3, -0.25) is 9.59 Å². The average molecular weight is 386 g/mol. The lowest BCUT2D eigenvalue weighted by Crippen LogP contribution is -2.43. The van der Waals surface area contributed by atoms with Gasteiger partial charge < -0.3 is 14.7 Å². The number of amides is 2. The minimum absolute atomic E-state index is 0.0298. The van der Waals surface area contributed by atoms with E-state index in [2.05, 4.69) is 17.4 Å². The van der Waals surface area contributed by atoms with Crippen molar-refractivity contribution in [3.8, 4) is 0 Å². The standard InChI is InChI=1S/C22H31N3O3/c1-5-7-8-9-18-10-12-19(13-11-18)22(27)25(16(3)6-2)15-21(26)23-20-14-17(4)28-24-20/h10-14,16H,5-9,15H2,1-4H3,(H,23,24,26). The van der Waals surface area contributed by atoms with Crippen LogP contribution in [-0.4, -0.2) is 34.5 Å². The highest BCUT2D eigenvalue weighted by Crippen LogP contribution is 2.14. The molecule has 0 radical (unpaired) electrons. The Morgan fingerprint density at radius 3 is 2.46 bits per heavy atom. The van der Waals surface area contributed by atoms with Gasteiger partial charge in [-0.1, -0.05) is 44.0 Å². The Kier molecular flexibility index (Phi) is 8.23. The van der Waals surface area contributed by atoms with Gasteiger partial charge >= 0.3 is 0 Å². The van der Waals surface area contributed by atoms with E-state index in [-0.39, 0.29) is 24.4 Å². The third-order valence-corrected chi connectivity index (χ3v) is 4.86. The van der Waals surface area contributed by atoms with Gasteiger partial charge in [-0.15, -0.1) is 0 Å². The average Bonchev–Trinajstić information content (AvgIpc) is 3.10. The third-order valence-electron chi connectivity index (χ3n) is 4.86. The van der Waals surface area contributed by atoms with E-state index in [0.29, 0.717) is 17.1 Å². The van der Waals surface area contributed by atoms with Crippen molar-refractivity contribution in [2.45, 2.75) is 65.8 Å². The zero-order valence-corrected chi connectivity index (χ0v) is 17.3. The number of nitrogens with one attached hydrogen (secondary N) is 1. The molecule has 0 saturated carbocycles. The molecule has 0 bridgehead atoms. The molecule has 0 aliphatic carbocycles. The van der Waals surface area contributed by atoms with Crippen molar-refractivity contribution >= 4 is 17.6 Å². The Labute approximate surface area is 167 Å². The largest absolute Gasteiger partial charge is 0.360 e. The van der Waals surface area contributed by atoms with Crippen LogP contribution < -0.4 is 5.32 Å². The molecular formula is C22H31N3O3. The number of nitrogens with zero attached hydrogens (tertiary/aromatic N) is 2. The zero-order valence-electron chi connectivity index (χ0n) is 17.3. The first kappa shape index (κ1) is 21.7. The predicted molar refractivity (Wildman–Crippen MR) is 110 cm³/mol. The van der Waals surface area contributed by atoms with Crippen molar-refractivity contribution in [2.24, 2.45) is 0 Å². The first-order valence-electron chi connectivity index (χ1n) is 10.1. The molecule has 6 heteroatoms. The Morgan fingerprint density at radius 1 is 1.18 bits per heavy atom. The number of carbonyl (C=O) groups excluding carboxylic acids is 2. The molecular weight excluding hydrogens is 354 g/mol. The molecule has 1 unspecified atom stereocenters.